The summed E-state index contributed by atoms with van der Waals surface area (Å²) in [5.41, 5.74) is 3.21. The summed E-state index contributed by atoms with van der Waals surface area (Å²) in [5.74, 6) is 0.171. The van der Waals surface area contributed by atoms with Crippen LogP contribution in [0.2, 0.25) is 0 Å². The number of nitrogens with zero attached hydrogens (tertiary/aromatic N) is 3. The smallest absolute Gasteiger partial charge is 0.257 e. The van der Waals surface area contributed by atoms with Crippen molar-refractivity contribution in [3.8, 4) is 0 Å². The maximum absolute atomic E-state index is 14.0. The first-order valence-electron chi connectivity index (χ1n) is 9.69. The van der Waals surface area contributed by atoms with E-state index in [0.29, 0.717) is 17.1 Å². The van der Waals surface area contributed by atoms with Crippen LogP contribution >= 0.6 is 0 Å². The minimum absolute atomic E-state index is 0.165. The van der Waals surface area contributed by atoms with E-state index in [1.807, 2.05) is 49.4 Å². The maximum Gasteiger partial charge on any atom is 0.257 e. The van der Waals surface area contributed by atoms with E-state index in [1.165, 1.54) is 6.07 Å². The predicted octanol–water partition coefficient (Wildman–Crippen LogP) is 4.11. The molecule has 29 heavy (non-hydrogen) atoms. The molecular weight excluding hydrogens is 367 g/mol. The average molecular weight is 390 g/mol. The normalized spacial score (nSPS) is 14.0. The van der Waals surface area contributed by atoms with Gasteiger partial charge in [0.15, 0.2) is 0 Å². The highest BCUT2D eigenvalue weighted by molar-refractivity contribution is 6.04. The molecule has 0 saturated carbocycles. The number of hydrogen-bond donors (Lipinski definition) is 1. The number of carbonyl (C=O) groups excluding carboxylic acids is 1. The van der Waals surface area contributed by atoms with E-state index in [9.17, 15) is 9.18 Å². The second kappa shape index (κ2) is 8.31. The Bertz CT molecular complexity index is 998. The second-order valence-corrected chi connectivity index (χ2v) is 7.10. The molecule has 0 atom stereocenters. The van der Waals surface area contributed by atoms with Crippen molar-refractivity contribution in [2.24, 2.45) is 0 Å². The quantitative estimate of drug-likeness (QED) is 0.728. The van der Waals surface area contributed by atoms with E-state index >= 15 is 0 Å². The third-order valence-electron chi connectivity index (χ3n) is 5.22. The van der Waals surface area contributed by atoms with Gasteiger partial charge in [-0.3, -0.25) is 4.79 Å². The molecule has 0 bridgehead atoms. The summed E-state index contributed by atoms with van der Waals surface area (Å²) in [6, 6.07) is 18.1. The predicted molar refractivity (Wildman–Crippen MR) is 114 cm³/mol. The lowest BCUT2D eigenvalue weighted by Crippen LogP contribution is -2.46. The zero-order chi connectivity index (χ0) is 20.2. The van der Waals surface area contributed by atoms with Crippen molar-refractivity contribution in [1.29, 1.82) is 0 Å². The van der Waals surface area contributed by atoms with Crippen LogP contribution in [-0.2, 0) is 0 Å². The molecule has 1 fully saturated rings. The highest BCUT2D eigenvalue weighted by Gasteiger charge is 2.20. The van der Waals surface area contributed by atoms with Gasteiger partial charge in [-0.25, -0.2) is 9.37 Å². The van der Waals surface area contributed by atoms with Crippen molar-refractivity contribution in [1.82, 2.24) is 4.98 Å². The van der Waals surface area contributed by atoms with Gasteiger partial charge >= 0.3 is 0 Å². The summed E-state index contributed by atoms with van der Waals surface area (Å²) in [6.07, 6.45) is 1.77. The number of hydrogen-bond acceptors (Lipinski definition) is 4. The van der Waals surface area contributed by atoms with Crippen LogP contribution in [0.4, 0.5) is 21.6 Å². The first kappa shape index (κ1) is 18.9. The highest BCUT2D eigenvalue weighted by Crippen LogP contribution is 2.23. The van der Waals surface area contributed by atoms with Crippen molar-refractivity contribution in [3.63, 3.8) is 0 Å². The number of rotatable bonds is 4. The third kappa shape index (κ3) is 4.21. The monoisotopic (exact) mass is 390 g/mol. The Morgan fingerprint density at radius 1 is 0.931 bits per heavy atom. The molecule has 4 rings (SSSR count). The molecule has 2 heterocycles. The molecule has 3 aromatic rings. The van der Waals surface area contributed by atoms with E-state index in [0.717, 1.165) is 37.4 Å². The molecule has 5 nitrogen and oxygen atoms in total. The molecule has 0 unspecified atom stereocenters. The number of aryl methyl sites for hydroxylation is 1. The number of anilines is 3. The maximum atomic E-state index is 14.0. The van der Waals surface area contributed by atoms with Crippen molar-refractivity contribution >= 4 is 23.1 Å². The van der Waals surface area contributed by atoms with Gasteiger partial charge in [-0.2, -0.15) is 0 Å². The molecule has 1 aliphatic heterocycles. The lowest BCUT2D eigenvalue weighted by molar-refractivity contribution is 0.102. The number of amides is 1. The standard InChI is InChI=1S/C23H23FN4O/c1-17-6-2-3-7-19(17)23(29)26-22-11-10-18(16-25-22)27-12-14-28(15-13-27)21-9-5-4-8-20(21)24/h2-11,16H,12-15H2,1H3,(H,25,26,29). The summed E-state index contributed by atoms with van der Waals surface area (Å²) >= 11 is 0. The summed E-state index contributed by atoms with van der Waals surface area (Å²) in [5, 5.41) is 2.85. The van der Waals surface area contributed by atoms with Gasteiger partial charge in [-0.1, -0.05) is 30.3 Å². The molecule has 1 aromatic heterocycles. The molecular formula is C23H23FN4O. The van der Waals surface area contributed by atoms with Crippen LogP contribution in [0.1, 0.15) is 15.9 Å². The molecule has 2 aromatic carbocycles. The van der Waals surface area contributed by atoms with E-state index < -0.39 is 0 Å². The van der Waals surface area contributed by atoms with E-state index in [1.54, 1.807) is 18.3 Å². The topological polar surface area (TPSA) is 48.5 Å². The van der Waals surface area contributed by atoms with Gasteiger partial charge in [0.1, 0.15) is 11.6 Å². The Kier molecular flexibility index (Phi) is 5.42. The minimum Gasteiger partial charge on any atom is -0.367 e. The van der Waals surface area contributed by atoms with Gasteiger partial charge in [-0.15, -0.1) is 0 Å². The lowest BCUT2D eigenvalue weighted by Gasteiger charge is -2.37. The number of halogens is 1. The lowest BCUT2D eigenvalue weighted by atomic mass is 10.1. The number of benzene rings is 2. The summed E-state index contributed by atoms with van der Waals surface area (Å²) in [6.45, 7) is 4.96. The summed E-state index contributed by atoms with van der Waals surface area (Å²) < 4.78 is 14.0. The number of piperazine rings is 1. The Morgan fingerprint density at radius 2 is 1.62 bits per heavy atom. The molecule has 0 spiro atoms. The van der Waals surface area contributed by atoms with Gasteiger partial charge in [0.25, 0.3) is 5.91 Å². The first-order valence-corrected chi connectivity index (χ1v) is 9.69. The molecule has 148 valence electrons. The number of carbonyl (C=O) groups is 1. The van der Waals surface area contributed by atoms with Crippen molar-refractivity contribution in [2.75, 3.05) is 41.3 Å². The van der Waals surface area contributed by atoms with Crippen molar-refractivity contribution < 1.29 is 9.18 Å². The van der Waals surface area contributed by atoms with Gasteiger partial charge in [0.05, 0.1) is 17.6 Å². The molecule has 0 aliphatic carbocycles. The zero-order valence-electron chi connectivity index (χ0n) is 16.3. The Balaban J connectivity index is 1.37. The van der Waals surface area contributed by atoms with Crippen molar-refractivity contribution in [3.05, 3.63) is 83.8 Å². The van der Waals surface area contributed by atoms with Crippen LogP contribution in [0.3, 0.4) is 0 Å². The van der Waals surface area contributed by atoms with Crippen LogP contribution in [0.5, 0.6) is 0 Å². The van der Waals surface area contributed by atoms with E-state index in [4.69, 9.17) is 0 Å². The Morgan fingerprint density at radius 3 is 2.31 bits per heavy atom. The van der Waals surface area contributed by atoms with E-state index in [2.05, 4.69) is 20.1 Å². The van der Waals surface area contributed by atoms with Gasteiger partial charge in [-0.05, 0) is 42.8 Å². The molecule has 1 aliphatic rings. The molecule has 1 saturated heterocycles. The average Bonchev–Trinajstić information content (AvgIpc) is 2.75. The van der Waals surface area contributed by atoms with Crippen LogP contribution < -0.4 is 15.1 Å². The summed E-state index contributed by atoms with van der Waals surface area (Å²) in [4.78, 5) is 21.1. The fourth-order valence-electron chi connectivity index (χ4n) is 3.57. The fourth-order valence-corrected chi connectivity index (χ4v) is 3.57. The molecule has 1 amide bonds. The van der Waals surface area contributed by atoms with Gasteiger partial charge < -0.3 is 15.1 Å². The van der Waals surface area contributed by atoms with Crippen LogP contribution in [-0.4, -0.2) is 37.1 Å². The van der Waals surface area contributed by atoms with E-state index in [-0.39, 0.29) is 11.7 Å². The summed E-state index contributed by atoms with van der Waals surface area (Å²) in [7, 11) is 0. The largest absolute Gasteiger partial charge is 0.367 e. The SMILES string of the molecule is Cc1ccccc1C(=O)Nc1ccc(N2CCN(c3ccccc3F)CC2)cn1. The highest BCUT2D eigenvalue weighted by atomic mass is 19.1. The number of para-hydroxylation sites is 1. The van der Waals surface area contributed by atoms with Crippen molar-refractivity contribution in [2.45, 2.75) is 6.92 Å². The minimum atomic E-state index is -0.184. The van der Waals surface area contributed by atoms with Crippen LogP contribution in [0, 0.1) is 12.7 Å². The van der Waals surface area contributed by atoms with Gasteiger partial charge in [0, 0.05) is 31.7 Å². The number of nitrogens with one attached hydrogen (secondary N) is 1. The third-order valence-corrected chi connectivity index (χ3v) is 5.22. The first-order chi connectivity index (χ1) is 14.1. The number of pyridine rings is 1. The Hall–Kier alpha value is -3.41. The second-order valence-electron chi connectivity index (χ2n) is 7.10. The fraction of sp³-hybridized carbons (Fsp3) is 0.217. The van der Waals surface area contributed by atoms with Gasteiger partial charge in [0.2, 0.25) is 0 Å². The van der Waals surface area contributed by atoms with Crippen LogP contribution in [0.15, 0.2) is 66.9 Å². The molecule has 0 radical (unpaired) electrons. The molecule has 6 heteroatoms. The Labute approximate surface area is 169 Å². The number of aromatic nitrogens is 1. The molecule has 1 N–H and O–H groups in total. The zero-order valence-corrected chi connectivity index (χ0v) is 16.3. The van der Waals surface area contributed by atoms with Crippen LogP contribution in [0.25, 0.3) is 0 Å².